The Balaban J connectivity index is 2.81. The van der Waals surface area contributed by atoms with E-state index in [0.717, 1.165) is 10.5 Å². The van der Waals surface area contributed by atoms with Gasteiger partial charge in [0.25, 0.3) is 0 Å². The van der Waals surface area contributed by atoms with Gasteiger partial charge in [-0.3, -0.25) is 5.14 Å². The fraction of sp³-hybridized carbons (Fsp3) is 0.333. The summed E-state index contributed by atoms with van der Waals surface area (Å²) in [5.41, 5.74) is 0.151. The minimum absolute atomic E-state index is 0.765. The normalized spacial score (nSPS) is 11.7. The average Bonchev–Trinajstić information content (AvgIpc) is 2.04. The first-order valence-corrected chi connectivity index (χ1v) is 6.11. The van der Waals surface area contributed by atoms with Gasteiger partial charge in [0.05, 0.1) is 5.60 Å². The van der Waals surface area contributed by atoms with E-state index >= 15 is 0 Å². The highest BCUT2D eigenvalue weighted by molar-refractivity contribution is 8.75. The van der Waals surface area contributed by atoms with Gasteiger partial charge in [0.15, 0.2) is 0 Å². The second-order valence-electron chi connectivity index (χ2n) is 3.26. The second-order valence-corrected chi connectivity index (χ2v) is 5.17. The molecule has 0 radical (unpaired) electrons. The minimum Gasteiger partial charge on any atom is -0.386 e. The largest absolute Gasteiger partial charge is 0.386 e. The quantitative estimate of drug-likeness (QED) is 0.601. The van der Waals surface area contributed by atoms with Gasteiger partial charge in [-0.05, 0) is 53.3 Å². The molecule has 1 aromatic carbocycles. The Morgan fingerprint density at radius 2 is 1.77 bits per heavy atom. The van der Waals surface area contributed by atoms with Crippen LogP contribution in [0, 0.1) is 0 Å². The molecule has 4 heteroatoms. The van der Waals surface area contributed by atoms with Crippen molar-refractivity contribution in [1.29, 1.82) is 0 Å². The summed E-state index contributed by atoms with van der Waals surface area (Å²) >= 11 is 0. The van der Waals surface area contributed by atoms with Crippen molar-refractivity contribution in [3.63, 3.8) is 0 Å². The van der Waals surface area contributed by atoms with Crippen LogP contribution in [0.15, 0.2) is 29.2 Å². The summed E-state index contributed by atoms with van der Waals surface area (Å²) < 4.78 is 0. The molecule has 3 N–H and O–H groups in total. The molecule has 0 saturated heterocycles. The van der Waals surface area contributed by atoms with Gasteiger partial charge in [0.1, 0.15) is 0 Å². The van der Waals surface area contributed by atoms with Crippen molar-refractivity contribution in [2.75, 3.05) is 0 Å². The Bertz CT molecular complexity index is 266. The number of nitrogens with two attached hydrogens (primary N) is 1. The average molecular weight is 215 g/mol. The van der Waals surface area contributed by atoms with Gasteiger partial charge in [0.2, 0.25) is 0 Å². The van der Waals surface area contributed by atoms with Gasteiger partial charge in [0, 0.05) is 4.90 Å². The number of benzene rings is 1. The highest BCUT2D eigenvalue weighted by Crippen LogP contribution is 2.28. The molecular formula is C9H13NOS2. The third-order valence-corrected chi connectivity index (χ3v) is 3.13. The summed E-state index contributed by atoms with van der Waals surface area (Å²) in [6.45, 7) is 3.54. The molecule has 0 aliphatic carbocycles. The Hall–Kier alpha value is -0.160. The monoisotopic (exact) mass is 215 g/mol. The molecule has 72 valence electrons. The molecule has 2 nitrogen and oxygen atoms in total. The van der Waals surface area contributed by atoms with Crippen LogP contribution in [0.3, 0.4) is 0 Å². The minimum atomic E-state index is -0.765. The van der Waals surface area contributed by atoms with E-state index in [4.69, 9.17) is 5.14 Å². The number of hydrogen-bond acceptors (Lipinski definition) is 4. The van der Waals surface area contributed by atoms with E-state index in [2.05, 4.69) is 0 Å². The van der Waals surface area contributed by atoms with Crippen molar-refractivity contribution < 1.29 is 5.11 Å². The molecule has 0 spiro atoms. The van der Waals surface area contributed by atoms with Gasteiger partial charge in [-0.25, -0.2) is 0 Å². The summed E-state index contributed by atoms with van der Waals surface area (Å²) in [7, 11) is 2.73. The molecule has 0 aromatic heterocycles. The van der Waals surface area contributed by atoms with Crippen LogP contribution in [0.4, 0.5) is 0 Å². The summed E-state index contributed by atoms with van der Waals surface area (Å²) in [5.74, 6) is 0. The summed E-state index contributed by atoms with van der Waals surface area (Å²) in [5, 5.41) is 15.0. The van der Waals surface area contributed by atoms with Gasteiger partial charge in [-0.1, -0.05) is 12.1 Å². The molecule has 0 aliphatic heterocycles. The van der Waals surface area contributed by atoms with Crippen molar-refractivity contribution in [1.82, 2.24) is 0 Å². The van der Waals surface area contributed by atoms with E-state index in [0.29, 0.717) is 0 Å². The molecule has 0 amide bonds. The fourth-order valence-electron chi connectivity index (χ4n) is 0.974. The van der Waals surface area contributed by atoms with E-state index in [-0.39, 0.29) is 0 Å². The van der Waals surface area contributed by atoms with Crippen molar-refractivity contribution in [3.8, 4) is 0 Å². The molecule has 13 heavy (non-hydrogen) atoms. The van der Waals surface area contributed by atoms with E-state index in [1.54, 1.807) is 13.8 Å². The van der Waals surface area contributed by atoms with Crippen LogP contribution in [0.2, 0.25) is 0 Å². The standard InChI is InChI=1S/C9H13NOS2/c1-9(2,11)7-3-5-8(6-4-7)12-13-10/h3-6,11H,10H2,1-2H3. The predicted molar refractivity (Wildman–Crippen MR) is 59.3 cm³/mol. The summed E-state index contributed by atoms with van der Waals surface area (Å²) in [6.07, 6.45) is 0. The molecule has 1 rings (SSSR count). The molecule has 1 aromatic rings. The first-order valence-electron chi connectivity index (χ1n) is 3.90. The van der Waals surface area contributed by atoms with Gasteiger partial charge in [-0.2, -0.15) is 0 Å². The van der Waals surface area contributed by atoms with Crippen LogP contribution >= 0.6 is 21.8 Å². The lowest BCUT2D eigenvalue weighted by molar-refractivity contribution is 0.0785. The van der Waals surface area contributed by atoms with Crippen molar-refractivity contribution in [2.45, 2.75) is 24.3 Å². The maximum absolute atomic E-state index is 9.67. The van der Waals surface area contributed by atoms with Crippen LogP contribution in [0.5, 0.6) is 0 Å². The van der Waals surface area contributed by atoms with Crippen LogP contribution in [-0.4, -0.2) is 5.11 Å². The Kier molecular flexibility index (Phi) is 3.67. The summed E-state index contributed by atoms with van der Waals surface area (Å²) in [6, 6.07) is 7.74. The van der Waals surface area contributed by atoms with Crippen LogP contribution in [0.25, 0.3) is 0 Å². The Morgan fingerprint density at radius 1 is 1.23 bits per heavy atom. The highest BCUT2D eigenvalue weighted by atomic mass is 33.1. The number of hydrogen-bond donors (Lipinski definition) is 2. The van der Waals surface area contributed by atoms with Gasteiger partial charge < -0.3 is 5.11 Å². The molecular weight excluding hydrogens is 202 g/mol. The van der Waals surface area contributed by atoms with Crippen molar-refractivity contribution in [3.05, 3.63) is 29.8 Å². The van der Waals surface area contributed by atoms with Crippen LogP contribution < -0.4 is 5.14 Å². The lowest BCUT2D eigenvalue weighted by atomic mass is 9.99. The summed E-state index contributed by atoms with van der Waals surface area (Å²) in [4.78, 5) is 1.10. The van der Waals surface area contributed by atoms with Crippen molar-refractivity contribution >= 4 is 21.8 Å². The topological polar surface area (TPSA) is 46.2 Å². The Labute approximate surface area is 86.4 Å². The van der Waals surface area contributed by atoms with E-state index in [1.165, 1.54) is 21.8 Å². The molecule has 0 aliphatic rings. The Morgan fingerprint density at radius 3 is 2.15 bits per heavy atom. The molecule has 0 saturated carbocycles. The molecule has 0 bridgehead atoms. The maximum atomic E-state index is 9.67. The zero-order valence-electron chi connectivity index (χ0n) is 7.65. The molecule has 0 fully saturated rings. The second kappa shape index (κ2) is 4.37. The molecule has 0 heterocycles. The molecule has 0 atom stereocenters. The zero-order valence-corrected chi connectivity index (χ0v) is 9.28. The van der Waals surface area contributed by atoms with E-state index in [9.17, 15) is 5.11 Å². The third kappa shape index (κ3) is 3.23. The number of rotatable bonds is 3. The maximum Gasteiger partial charge on any atom is 0.0840 e. The fourth-order valence-corrected chi connectivity index (χ4v) is 2.00. The first kappa shape index (κ1) is 10.9. The lowest BCUT2D eigenvalue weighted by Gasteiger charge is -2.17. The van der Waals surface area contributed by atoms with Crippen LogP contribution in [-0.2, 0) is 5.60 Å². The van der Waals surface area contributed by atoms with Gasteiger partial charge >= 0.3 is 0 Å². The third-order valence-electron chi connectivity index (χ3n) is 1.71. The lowest BCUT2D eigenvalue weighted by Crippen LogP contribution is -2.14. The first-order chi connectivity index (χ1) is 6.04. The zero-order chi connectivity index (χ0) is 9.90. The van der Waals surface area contributed by atoms with Crippen LogP contribution in [0.1, 0.15) is 19.4 Å². The molecule has 0 unspecified atom stereocenters. The van der Waals surface area contributed by atoms with Crippen molar-refractivity contribution in [2.24, 2.45) is 5.14 Å². The highest BCUT2D eigenvalue weighted by Gasteiger charge is 2.14. The number of aliphatic hydroxyl groups is 1. The smallest absolute Gasteiger partial charge is 0.0840 e. The van der Waals surface area contributed by atoms with Gasteiger partial charge in [-0.15, -0.1) is 0 Å². The SMILES string of the molecule is CC(C)(O)c1ccc(SSN)cc1. The van der Waals surface area contributed by atoms with E-state index < -0.39 is 5.60 Å². The van der Waals surface area contributed by atoms with E-state index in [1.807, 2.05) is 24.3 Å². The predicted octanol–water partition coefficient (Wildman–Crippen LogP) is 2.53.